The summed E-state index contributed by atoms with van der Waals surface area (Å²) in [6.45, 7) is 0.0694. The highest BCUT2D eigenvalue weighted by Gasteiger charge is 2.18. The predicted octanol–water partition coefficient (Wildman–Crippen LogP) is 1.53. The zero-order chi connectivity index (χ0) is 10.8. The Morgan fingerprint density at radius 1 is 1.47 bits per heavy atom. The lowest BCUT2D eigenvalue weighted by Crippen LogP contribution is -2.03. The highest BCUT2D eigenvalue weighted by atomic mass is 16.6. The number of benzene rings is 1. The Balaban J connectivity index is 2.37. The van der Waals surface area contributed by atoms with Gasteiger partial charge in [-0.2, -0.15) is 4.99 Å². The normalized spacial score (nSPS) is 14.7. The second kappa shape index (κ2) is 3.49. The van der Waals surface area contributed by atoms with Gasteiger partial charge in [-0.15, -0.1) is 0 Å². The summed E-state index contributed by atoms with van der Waals surface area (Å²) in [5.41, 5.74) is 0.924. The minimum absolute atomic E-state index is 0.0328. The number of ether oxygens (including phenoxy) is 1. The van der Waals surface area contributed by atoms with Crippen molar-refractivity contribution in [3.63, 3.8) is 0 Å². The van der Waals surface area contributed by atoms with Gasteiger partial charge in [0, 0.05) is 17.7 Å². The zero-order valence-electron chi connectivity index (χ0n) is 7.54. The SMILES string of the molecule is O=C1N=C(c2cccc([N+](=O)[O-])c2)CO1. The van der Waals surface area contributed by atoms with Gasteiger partial charge in [-0.1, -0.05) is 12.1 Å². The van der Waals surface area contributed by atoms with E-state index in [1.54, 1.807) is 12.1 Å². The van der Waals surface area contributed by atoms with Gasteiger partial charge in [0.05, 0.1) is 10.6 Å². The van der Waals surface area contributed by atoms with Crippen molar-refractivity contribution in [2.75, 3.05) is 6.61 Å². The summed E-state index contributed by atoms with van der Waals surface area (Å²) >= 11 is 0. The van der Waals surface area contributed by atoms with Crippen LogP contribution in [0.3, 0.4) is 0 Å². The van der Waals surface area contributed by atoms with E-state index in [9.17, 15) is 14.9 Å². The van der Waals surface area contributed by atoms with E-state index in [0.717, 1.165) is 0 Å². The minimum atomic E-state index is -0.656. The van der Waals surface area contributed by atoms with Gasteiger partial charge < -0.3 is 4.74 Å². The Morgan fingerprint density at radius 3 is 2.87 bits per heavy atom. The lowest BCUT2D eigenvalue weighted by molar-refractivity contribution is -0.384. The van der Waals surface area contributed by atoms with E-state index < -0.39 is 11.0 Å². The van der Waals surface area contributed by atoms with Crippen LogP contribution in [-0.4, -0.2) is 23.3 Å². The first kappa shape index (κ1) is 9.32. The molecule has 0 bridgehead atoms. The van der Waals surface area contributed by atoms with Crippen molar-refractivity contribution in [3.8, 4) is 0 Å². The summed E-state index contributed by atoms with van der Waals surface area (Å²) in [5, 5.41) is 10.5. The fraction of sp³-hybridized carbons (Fsp3) is 0.111. The van der Waals surface area contributed by atoms with Gasteiger partial charge in [-0.05, 0) is 0 Å². The van der Waals surface area contributed by atoms with E-state index >= 15 is 0 Å². The van der Waals surface area contributed by atoms with Crippen molar-refractivity contribution in [1.82, 2.24) is 0 Å². The maximum Gasteiger partial charge on any atom is 0.434 e. The van der Waals surface area contributed by atoms with Crippen LogP contribution < -0.4 is 0 Å². The van der Waals surface area contributed by atoms with E-state index in [2.05, 4.69) is 9.73 Å². The van der Waals surface area contributed by atoms with Gasteiger partial charge in [0.1, 0.15) is 6.61 Å². The molecular formula is C9H6N2O4. The Morgan fingerprint density at radius 2 is 2.27 bits per heavy atom. The third kappa shape index (κ3) is 1.83. The summed E-state index contributed by atoms with van der Waals surface area (Å²) in [6.07, 6.45) is -0.656. The molecule has 0 fully saturated rings. The molecule has 1 aliphatic rings. The first-order valence-electron chi connectivity index (χ1n) is 4.16. The van der Waals surface area contributed by atoms with Crippen LogP contribution in [0, 0.1) is 10.1 Å². The van der Waals surface area contributed by atoms with Crippen molar-refractivity contribution in [1.29, 1.82) is 0 Å². The summed E-state index contributed by atoms with van der Waals surface area (Å²) in [7, 11) is 0. The molecule has 1 heterocycles. The average Bonchev–Trinajstić information content (AvgIpc) is 2.65. The Hall–Kier alpha value is -2.24. The Labute approximate surface area is 84.3 Å². The molecule has 1 amide bonds. The molecule has 0 unspecified atom stereocenters. The molecule has 0 spiro atoms. The van der Waals surface area contributed by atoms with Crippen LogP contribution in [0.25, 0.3) is 0 Å². The van der Waals surface area contributed by atoms with Crippen LogP contribution in [0.5, 0.6) is 0 Å². The standard InChI is InChI=1S/C9H6N2O4/c12-9-10-8(5-15-9)6-2-1-3-7(4-6)11(13)14/h1-4H,5H2. The summed E-state index contributed by atoms with van der Waals surface area (Å²) < 4.78 is 4.61. The number of hydrogen-bond donors (Lipinski definition) is 0. The van der Waals surface area contributed by atoms with Crippen molar-refractivity contribution in [2.45, 2.75) is 0 Å². The lowest BCUT2D eigenvalue weighted by atomic mass is 10.1. The number of carbonyl (C=O) groups excluding carboxylic acids is 1. The van der Waals surface area contributed by atoms with E-state index in [-0.39, 0.29) is 12.3 Å². The smallest absolute Gasteiger partial charge is 0.434 e. The number of amides is 1. The lowest BCUT2D eigenvalue weighted by Gasteiger charge is -1.97. The molecule has 1 aromatic rings. The summed E-state index contributed by atoms with van der Waals surface area (Å²) in [5.74, 6) is 0. The Kier molecular flexibility index (Phi) is 2.17. The fourth-order valence-electron chi connectivity index (χ4n) is 1.25. The first-order valence-corrected chi connectivity index (χ1v) is 4.16. The second-order valence-corrected chi connectivity index (χ2v) is 2.92. The molecule has 0 aromatic heterocycles. The number of aliphatic imine (C=N–C) groups is 1. The summed E-state index contributed by atoms with van der Waals surface area (Å²) in [4.78, 5) is 24.3. The monoisotopic (exact) mass is 206 g/mol. The van der Waals surface area contributed by atoms with Gasteiger partial charge >= 0.3 is 6.09 Å². The molecule has 0 radical (unpaired) electrons. The third-order valence-corrected chi connectivity index (χ3v) is 1.95. The average molecular weight is 206 g/mol. The predicted molar refractivity (Wildman–Crippen MR) is 51.0 cm³/mol. The zero-order valence-corrected chi connectivity index (χ0v) is 7.54. The first-order chi connectivity index (χ1) is 7.16. The molecule has 0 saturated carbocycles. The van der Waals surface area contributed by atoms with E-state index in [1.807, 2.05) is 0 Å². The minimum Gasteiger partial charge on any atom is -0.441 e. The molecule has 15 heavy (non-hydrogen) atoms. The van der Waals surface area contributed by atoms with Crippen molar-refractivity contribution in [3.05, 3.63) is 39.9 Å². The number of non-ortho nitro benzene ring substituents is 1. The van der Waals surface area contributed by atoms with E-state index in [1.165, 1.54) is 12.1 Å². The quantitative estimate of drug-likeness (QED) is 0.542. The van der Waals surface area contributed by atoms with Crippen LogP contribution in [0.2, 0.25) is 0 Å². The number of carbonyl (C=O) groups is 1. The highest BCUT2D eigenvalue weighted by Crippen LogP contribution is 2.15. The van der Waals surface area contributed by atoms with Crippen molar-refractivity contribution >= 4 is 17.5 Å². The van der Waals surface area contributed by atoms with Crippen molar-refractivity contribution < 1.29 is 14.5 Å². The van der Waals surface area contributed by atoms with Crippen LogP contribution in [0.15, 0.2) is 29.3 Å². The van der Waals surface area contributed by atoms with Gasteiger partial charge in [-0.3, -0.25) is 10.1 Å². The molecule has 0 N–H and O–H groups in total. The highest BCUT2D eigenvalue weighted by molar-refractivity contribution is 6.09. The van der Waals surface area contributed by atoms with E-state index in [0.29, 0.717) is 11.3 Å². The van der Waals surface area contributed by atoms with Gasteiger partial charge in [0.2, 0.25) is 0 Å². The number of nitro groups is 1. The number of cyclic esters (lactones) is 1. The molecule has 0 aliphatic carbocycles. The van der Waals surface area contributed by atoms with Gasteiger partial charge in [0.25, 0.3) is 5.69 Å². The topological polar surface area (TPSA) is 81.8 Å². The molecule has 6 heteroatoms. The van der Waals surface area contributed by atoms with Gasteiger partial charge in [-0.25, -0.2) is 4.79 Å². The van der Waals surface area contributed by atoms with Crippen molar-refractivity contribution in [2.24, 2.45) is 4.99 Å². The molecule has 6 nitrogen and oxygen atoms in total. The Bertz CT molecular complexity index is 467. The second-order valence-electron chi connectivity index (χ2n) is 2.92. The maximum absolute atomic E-state index is 10.7. The number of nitro benzene ring substituents is 1. The molecule has 0 atom stereocenters. The molecular weight excluding hydrogens is 200 g/mol. The molecule has 2 rings (SSSR count). The largest absolute Gasteiger partial charge is 0.441 e. The van der Waals surface area contributed by atoms with E-state index in [4.69, 9.17) is 0 Å². The van der Waals surface area contributed by atoms with Crippen LogP contribution in [-0.2, 0) is 4.74 Å². The van der Waals surface area contributed by atoms with Crippen LogP contribution in [0.1, 0.15) is 5.56 Å². The maximum atomic E-state index is 10.7. The molecule has 76 valence electrons. The molecule has 0 saturated heterocycles. The summed E-state index contributed by atoms with van der Waals surface area (Å²) in [6, 6.07) is 5.93. The fourth-order valence-corrected chi connectivity index (χ4v) is 1.25. The third-order valence-electron chi connectivity index (χ3n) is 1.95. The molecule has 1 aliphatic heterocycles. The number of hydrogen-bond acceptors (Lipinski definition) is 4. The number of rotatable bonds is 2. The van der Waals surface area contributed by atoms with Crippen LogP contribution >= 0.6 is 0 Å². The van der Waals surface area contributed by atoms with Crippen LogP contribution in [0.4, 0.5) is 10.5 Å². The molecule has 1 aromatic carbocycles. The number of nitrogens with zero attached hydrogens (tertiary/aromatic N) is 2. The van der Waals surface area contributed by atoms with Gasteiger partial charge in [0.15, 0.2) is 0 Å².